The van der Waals surface area contributed by atoms with E-state index in [9.17, 15) is 8.42 Å². The maximum atomic E-state index is 11.3. The summed E-state index contributed by atoms with van der Waals surface area (Å²) in [5.41, 5.74) is 0. The van der Waals surface area contributed by atoms with Gasteiger partial charge in [-0.25, -0.2) is 8.42 Å². The summed E-state index contributed by atoms with van der Waals surface area (Å²) in [7, 11) is -3.42. The van der Waals surface area contributed by atoms with Gasteiger partial charge in [0, 0.05) is 4.47 Å². The lowest BCUT2D eigenvalue weighted by atomic mass is 10.4. The molecule has 3 nitrogen and oxygen atoms in total. The van der Waals surface area contributed by atoms with Crippen LogP contribution in [0.4, 0.5) is 0 Å². The van der Waals surface area contributed by atoms with E-state index in [0.29, 0.717) is 4.47 Å². The van der Waals surface area contributed by atoms with Gasteiger partial charge >= 0.3 is 0 Å². The van der Waals surface area contributed by atoms with Crippen LogP contribution >= 0.6 is 15.9 Å². The molecule has 0 saturated carbocycles. The van der Waals surface area contributed by atoms with Gasteiger partial charge in [-0.1, -0.05) is 22.0 Å². The molecule has 1 aromatic carbocycles. The van der Waals surface area contributed by atoms with E-state index < -0.39 is 15.6 Å². The summed E-state index contributed by atoms with van der Waals surface area (Å²) in [4.78, 5) is 0.170. The van der Waals surface area contributed by atoms with E-state index in [2.05, 4.69) is 15.9 Å². The molecule has 0 atom stereocenters. The van der Waals surface area contributed by atoms with Crippen molar-refractivity contribution in [3.63, 3.8) is 0 Å². The second-order valence-corrected chi connectivity index (χ2v) is 5.28. The predicted molar refractivity (Wildman–Crippen MR) is 51.8 cm³/mol. The van der Waals surface area contributed by atoms with Crippen molar-refractivity contribution in [2.45, 2.75) is 4.90 Å². The fourth-order valence-electron chi connectivity index (χ4n) is 0.829. The second kappa shape index (κ2) is 3.90. The van der Waals surface area contributed by atoms with Crippen LogP contribution in [0.5, 0.6) is 0 Å². The Morgan fingerprint density at radius 3 is 2.69 bits per heavy atom. The van der Waals surface area contributed by atoms with Gasteiger partial charge in [0.2, 0.25) is 0 Å². The molecule has 0 radical (unpaired) electrons. The fraction of sp³-hybridized carbons (Fsp3) is 0.125. The molecule has 0 unspecified atom stereocenters. The van der Waals surface area contributed by atoms with E-state index in [4.69, 9.17) is 5.26 Å². The average molecular weight is 260 g/mol. The highest BCUT2D eigenvalue weighted by atomic mass is 79.9. The molecular formula is C8H6BrNO2S. The minimum Gasteiger partial charge on any atom is -0.223 e. The molecule has 0 aliphatic heterocycles. The van der Waals surface area contributed by atoms with Crippen molar-refractivity contribution in [1.29, 1.82) is 5.26 Å². The topological polar surface area (TPSA) is 57.9 Å². The van der Waals surface area contributed by atoms with Gasteiger partial charge in [-0.3, -0.25) is 0 Å². The third kappa shape index (κ3) is 2.54. The summed E-state index contributed by atoms with van der Waals surface area (Å²) in [6.45, 7) is 0. The molecule has 0 aliphatic carbocycles. The van der Waals surface area contributed by atoms with Crippen molar-refractivity contribution >= 4 is 25.8 Å². The van der Waals surface area contributed by atoms with Crippen molar-refractivity contribution in [2.75, 3.05) is 5.75 Å². The number of hydrogen-bond acceptors (Lipinski definition) is 3. The Hall–Kier alpha value is -0.860. The molecule has 0 amide bonds. The predicted octanol–water partition coefficient (Wildman–Crippen LogP) is 1.75. The maximum Gasteiger partial charge on any atom is 0.191 e. The van der Waals surface area contributed by atoms with Crippen LogP contribution in [0.25, 0.3) is 0 Å². The zero-order valence-electron chi connectivity index (χ0n) is 6.57. The number of sulfone groups is 1. The van der Waals surface area contributed by atoms with Crippen LogP contribution < -0.4 is 0 Å². The Morgan fingerprint density at radius 1 is 1.46 bits per heavy atom. The maximum absolute atomic E-state index is 11.3. The van der Waals surface area contributed by atoms with Gasteiger partial charge in [0.15, 0.2) is 9.84 Å². The number of nitriles is 1. The first-order chi connectivity index (χ1) is 6.06. The SMILES string of the molecule is N#CCS(=O)(=O)c1cccc(Br)c1. The zero-order valence-corrected chi connectivity index (χ0v) is 8.97. The lowest BCUT2D eigenvalue weighted by Gasteiger charge is -1.99. The Balaban J connectivity index is 3.17. The molecule has 5 heteroatoms. The Kier molecular flexibility index (Phi) is 3.07. The van der Waals surface area contributed by atoms with E-state index in [-0.39, 0.29) is 4.90 Å². The summed E-state index contributed by atoms with van der Waals surface area (Å²) in [6, 6.07) is 7.92. The molecule has 0 aromatic heterocycles. The molecule has 1 rings (SSSR count). The molecule has 0 heterocycles. The summed E-state index contributed by atoms with van der Waals surface area (Å²) >= 11 is 3.16. The quantitative estimate of drug-likeness (QED) is 0.813. The number of benzene rings is 1. The normalized spacial score (nSPS) is 10.8. The summed E-state index contributed by atoms with van der Waals surface area (Å²) in [6.07, 6.45) is 0. The lowest BCUT2D eigenvalue weighted by Crippen LogP contribution is -2.04. The first-order valence-corrected chi connectivity index (χ1v) is 5.86. The molecule has 0 saturated heterocycles. The highest BCUT2D eigenvalue weighted by Gasteiger charge is 2.13. The number of hydrogen-bond donors (Lipinski definition) is 0. The average Bonchev–Trinajstić information content (AvgIpc) is 2.04. The van der Waals surface area contributed by atoms with Gasteiger partial charge in [0.25, 0.3) is 0 Å². The van der Waals surface area contributed by atoms with Crippen LogP contribution in [0.15, 0.2) is 33.6 Å². The van der Waals surface area contributed by atoms with E-state index in [1.807, 2.05) is 0 Å². The van der Waals surface area contributed by atoms with Crippen LogP contribution in [0, 0.1) is 11.3 Å². The van der Waals surface area contributed by atoms with Crippen LogP contribution in [0.1, 0.15) is 0 Å². The molecule has 13 heavy (non-hydrogen) atoms. The highest BCUT2D eigenvalue weighted by Crippen LogP contribution is 2.16. The number of nitrogens with zero attached hydrogens (tertiary/aromatic N) is 1. The third-order valence-electron chi connectivity index (χ3n) is 1.41. The molecule has 0 aliphatic rings. The Morgan fingerprint density at radius 2 is 2.15 bits per heavy atom. The van der Waals surface area contributed by atoms with E-state index in [0.717, 1.165) is 0 Å². The number of rotatable bonds is 2. The second-order valence-electron chi connectivity index (χ2n) is 2.37. The molecular weight excluding hydrogens is 254 g/mol. The summed E-state index contributed by atoms with van der Waals surface area (Å²) in [5.74, 6) is -0.483. The van der Waals surface area contributed by atoms with Crippen molar-refractivity contribution in [2.24, 2.45) is 0 Å². The molecule has 0 fully saturated rings. The van der Waals surface area contributed by atoms with Crippen molar-refractivity contribution < 1.29 is 8.42 Å². The van der Waals surface area contributed by atoms with Gasteiger partial charge in [-0.05, 0) is 18.2 Å². The minimum absolute atomic E-state index is 0.170. The standard InChI is InChI=1S/C8H6BrNO2S/c9-7-2-1-3-8(6-7)13(11,12)5-4-10/h1-3,6H,5H2. The first-order valence-electron chi connectivity index (χ1n) is 3.41. The van der Waals surface area contributed by atoms with Gasteiger partial charge in [0.1, 0.15) is 5.75 Å². The largest absolute Gasteiger partial charge is 0.223 e. The molecule has 0 spiro atoms. The van der Waals surface area contributed by atoms with Gasteiger partial charge in [-0.2, -0.15) is 5.26 Å². The van der Waals surface area contributed by atoms with E-state index >= 15 is 0 Å². The van der Waals surface area contributed by atoms with Gasteiger partial charge < -0.3 is 0 Å². The first kappa shape index (κ1) is 10.2. The monoisotopic (exact) mass is 259 g/mol. The van der Waals surface area contributed by atoms with Gasteiger partial charge in [-0.15, -0.1) is 0 Å². The Bertz CT molecular complexity index is 447. The van der Waals surface area contributed by atoms with Crippen LogP contribution in [0.3, 0.4) is 0 Å². The van der Waals surface area contributed by atoms with Crippen LogP contribution in [-0.2, 0) is 9.84 Å². The van der Waals surface area contributed by atoms with Gasteiger partial charge in [0.05, 0.1) is 11.0 Å². The van der Waals surface area contributed by atoms with E-state index in [1.54, 1.807) is 18.2 Å². The smallest absolute Gasteiger partial charge is 0.191 e. The molecule has 68 valence electrons. The summed E-state index contributed by atoms with van der Waals surface area (Å²) in [5, 5.41) is 8.29. The molecule has 0 N–H and O–H groups in total. The molecule has 1 aromatic rings. The number of halogens is 1. The highest BCUT2D eigenvalue weighted by molar-refractivity contribution is 9.10. The summed E-state index contributed by atoms with van der Waals surface area (Å²) < 4.78 is 23.4. The Labute approximate surface area is 85.0 Å². The van der Waals surface area contributed by atoms with Crippen molar-refractivity contribution in [3.05, 3.63) is 28.7 Å². The van der Waals surface area contributed by atoms with Crippen LogP contribution in [0.2, 0.25) is 0 Å². The van der Waals surface area contributed by atoms with Crippen LogP contribution in [-0.4, -0.2) is 14.2 Å². The molecule has 0 bridgehead atoms. The third-order valence-corrected chi connectivity index (χ3v) is 3.38. The van der Waals surface area contributed by atoms with Crippen molar-refractivity contribution in [3.8, 4) is 6.07 Å². The van der Waals surface area contributed by atoms with Crippen molar-refractivity contribution in [1.82, 2.24) is 0 Å². The minimum atomic E-state index is -3.42. The van der Waals surface area contributed by atoms with E-state index in [1.165, 1.54) is 12.1 Å². The zero-order chi connectivity index (χ0) is 9.90. The lowest BCUT2D eigenvalue weighted by molar-refractivity contribution is 0.599. The fourth-order valence-corrected chi connectivity index (χ4v) is 2.31.